The summed E-state index contributed by atoms with van der Waals surface area (Å²) in [5.74, 6) is 0.558. The summed E-state index contributed by atoms with van der Waals surface area (Å²) in [7, 11) is 0. The summed E-state index contributed by atoms with van der Waals surface area (Å²) in [4.78, 5) is 9.85. The maximum Gasteiger partial charge on any atom is 0.146 e. The predicted octanol–water partition coefficient (Wildman–Crippen LogP) is 3.30. The normalized spacial score (nSPS) is 13.0. The van der Waals surface area contributed by atoms with Crippen LogP contribution in [0.15, 0.2) is 23.8 Å². The van der Waals surface area contributed by atoms with Gasteiger partial charge in [-0.3, -0.25) is 0 Å². The maximum atomic E-state index is 6.00. The quantitative estimate of drug-likeness (QED) is 0.778. The summed E-state index contributed by atoms with van der Waals surface area (Å²) < 4.78 is 2.24. The molecule has 3 aromatic rings. The molecule has 19 heavy (non-hydrogen) atoms. The summed E-state index contributed by atoms with van der Waals surface area (Å²) in [5, 5.41) is 3.08. The van der Waals surface area contributed by atoms with Crippen LogP contribution in [0.1, 0.15) is 29.1 Å². The van der Waals surface area contributed by atoms with Crippen molar-refractivity contribution in [2.45, 2.75) is 26.8 Å². The van der Waals surface area contributed by atoms with Crippen LogP contribution in [0.4, 0.5) is 5.82 Å². The number of anilines is 1. The van der Waals surface area contributed by atoms with Gasteiger partial charge in [-0.15, -0.1) is 11.3 Å². The lowest BCUT2D eigenvalue weighted by molar-refractivity contribution is 0.650. The molecule has 0 saturated carbocycles. The Morgan fingerprint density at radius 1 is 1.32 bits per heavy atom. The lowest BCUT2D eigenvalue weighted by atomic mass is 10.2. The second kappa shape index (κ2) is 4.35. The summed E-state index contributed by atoms with van der Waals surface area (Å²) in [6, 6.07) is 4.49. The summed E-state index contributed by atoms with van der Waals surface area (Å²) in [6.45, 7) is 6.38. The Kier molecular flexibility index (Phi) is 2.78. The van der Waals surface area contributed by atoms with Gasteiger partial charge in [0.05, 0.1) is 11.4 Å². The van der Waals surface area contributed by atoms with E-state index in [1.165, 1.54) is 16.9 Å². The minimum Gasteiger partial charge on any atom is -0.383 e. The first-order valence-electron chi connectivity index (χ1n) is 6.22. The van der Waals surface area contributed by atoms with Crippen LogP contribution in [-0.2, 0) is 0 Å². The lowest BCUT2D eigenvalue weighted by Crippen LogP contribution is -2.08. The molecule has 3 rings (SSSR count). The Balaban J connectivity index is 2.30. The van der Waals surface area contributed by atoms with E-state index in [2.05, 4.69) is 52.8 Å². The van der Waals surface area contributed by atoms with E-state index in [1.54, 1.807) is 11.3 Å². The third-order valence-corrected chi connectivity index (χ3v) is 4.75. The topological polar surface area (TPSA) is 56.7 Å². The lowest BCUT2D eigenvalue weighted by Gasteiger charge is -2.15. The van der Waals surface area contributed by atoms with E-state index < -0.39 is 0 Å². The second-order valence-electron chi connectivity index (χ2n) is 4.73. The number of fused-ring (bicyclic) bond motifs is 1. The third kappa shape index (κ3) is 1.73. The van der Waals surface area contributed by atoms with Gasteiger partial charge in [-0.2, -0.15) is 0 Å². The van der Waals surface area contributed by atoms with Crippen LogP contribution < -0.4 is 5.73 Å². The van der Waals surface area contributed by atoms with Crippen molar-refractivity contribution in [3.05, 3.63) is 40.0 Å². The first kappa shape index (κ1) is 12.2. The number of nitrogens with two attached hydrogens (primary N) is 1. The third-order valence-electron chi connectivity index (χ3n) is 3.71. The second-order valence-corrected chi connectivity index (χ2v) is 5.71. The maximum absolute atomic E-state index is 6.00. The molecule has 0 radical (unpaired) electrons. The molecule has 98 valence electrons. The molecule has 0 aliphatic heterocycles. The van der Waals surface area contributed by atoms with Gasteiger partial charge < -0.3 is 10.3 Å². The van der Waals surface area contributed by atoms with Crippen LogP contribution >= 0.6 is 11.3 Å². The first-order valence-corrected chi connectivity index (χ1v) is 7.10. The van der Waals surface area contributed by atoms with E-state index in [0.717, 1.165) is 16.6 Å². The van der Waals surface area contributed by atoms with Crippen LogP contribution in [0.3, 0.4) is 0 Å². The van der Waals surface area contributed by atoms with Crippen LogP contribution in [0.25, 0.3) is 11.0 Å². The van der Waals surface area contributed by atoms with Crippen LogP contribution in [0.5, 0.6) is 0 Å². The zero-order chi connectivity index (χ0) is 13.6. The predicted molar refractivity (Wildman–Crippen MR) is 79.5 cm³/mol. The van der Waals surface area contributed by atoms with Crippen molar-refractivity contribution in [3.63, 3.8) is 0 Å². The Labute approximate surface area is 115 Å². The van der Waals surface area contributed by atoms with Gasteiger partial charge in [0.2, 0.25) is 0 Å². The Morgan fingerprint density at radius 3 is 2.79 bits per heavy atom. The van der Waals surface area contributed by atoms with Gasteiger partial charge in [-0.05, 0) is 37.8 Å². The number of hydrogen-bond acceptors (Lipinski definition) is 4. The Bertz CT molecular complexity index is 728. The SMILES string of the molecule is Cc1c(C)n(C(C)c2cccs2)c2ncnc(N)c12. The van der Waals surface area contributed by atoms with Crippen LogP contribution in [0, 0.1) is 13.8 Å². The molecule has 0 aliphatic rings. The zero-order valence-corrected chi connectivity index (χ0v) is 12.0. The molecule has 0 aromatic carbocycles. The molecule has 0 saturated heterocycles. The van der Waals surface area contributed by atoms with E-state index in [4.69, 9.17) is 5.73 Å². The highest BCUT2D eigenvalue weighted by molar-refractivity contribution is 7.10. The standard InChI is InChI=1S/C14H16N4S/c1-8-9(2)18(10(3)11-5-4-6-19-11)14-12(8)13(15)16-7-17-14/h4-7,10H,1-3H3,(H2,15,16,17). The summed E-state index contributed by atoms with van der Waals surface area (Å²) in [5.41, 5.74) is 9.28. The number of hydrogen-bond donors (Lipinski definition) is 1. The van der Waals surface area contributed by atoms with Crippen molar-refractivity contribution in [2.75, 3.05) is 5.73 Å². The monoisotopic (exact) mass is 272 g/mol. The number of nitrogen functional groups attached to an aromatic ring is 1. The average Bonchev–Trinajstić information content (AvgIpc) is 2.99. The van der Waals surface area contributed by atoms with Crippen molar-refractivity contribution in [3.8, 4) is 0 Å². The smallest absolute Gasteiger partial charge is 0.146 e. The molecule has 0 fully saturated rings. The molecule has 3 heterocycles. The number of nitrogens with zero attached hydrogens (tertiary/aromatic N) is 3. The van der Waals surface area contributed by atoms with Gasteiger partial charge >= 0.3 is 0 Å². The number of aryl methyl sites for hydroxylation is 1. The van der Waals surface area contributed by atoms with Gasteiger partial charge in [0.25, 0.3) is 0 Å². The van der Waals surface area contributed by atoms with E-state index in [0.29, 0.717) is 5.82 Å². The molecule has 1 unspecified atom stereocenters. The van der Waals surface area contributed by atoms with Crippen molar-refractivity contribution in [1.29, 1.82) is 0 Å². The highest BCUT2D eigenvalue weighted by Crippen LogP contribution is 2.33. The molecule has 0 aliphatic carbocycles. The van der Waals surface area contributed by atoms with Crippen molar-refractivity contribution in [1.82, 2.24) is 14.5 Å². The molecule has 5 heteroatoms. The van der Waals surface area contributed by atoms with Crippen LogP contribution in [0.2, 0.25) is 0 Å². The minimum absolute atomic E-state index is 0.255. The highest BCUT2D eigenvalue weighted by atomic mass is 32.1. The molecule has 2 N–H and O–H groups in total. The molecular formula is C14H16N4S. The fourth-order valence-electron chi connectivity index (χ4n) is 2.58. The number of thiophene rings is 1. The Hall–Kier alpha value is -1.88. The van der Waals surface area contributed by atoms with Gasteiger partial charge in [-0.25, -0.2) is 9.97 Å². The first-order chi connectivity index (χ1) is 9.11. The fraction of sp³-hybridized carbons (Fsp3) is 0.286. The molecule has 4 nitrogen and oxygen atoms in total. The molecule has 3 aromatic heterocycles. The molecule has 0 bridgehead atoms. The van der Waals surface area contributed by atoms with Gasteiger partial charge in [-0.1, -0.05) is 6.07 Å². The van der Waals surface area contributed by atoms with Crippen LogP contribution in [-0.4, -0.2) is 14.5 Å². The molecule has 0 spiro atoms. The number of rotatable bonds is 2. The number of aromatic nitrogens is 3. The minimum atomic E-state index is 0.255. The molecule has 1 atom stereocenters. The average molecular weight is 272 g/mol. The van der Waals surface area contributed by atoms with Crippen molar-refractivity contribution < 1.29 is 0 Å². The van der Waals surface area contributed by atoms with E-state index in [1.807, 2.05) is 0 Å². The van der Waals surface area contributed by atoms with E-state index in [-0.39, 0.29) is 6.04 Å². The van der Waals surface area contributed by atoms with E-state index >= 15 is 0 Å². The molecule has 0 amide bonds. The summed E-state index contributed by atoms with van der Waals surface area (Å²) >= 11 is 1.76. The van der Waals surface area contributed by atoms with Crippen molar-refractivity contribution in [2.24, 2.45) is 0 Å². The van der Waals surface area contributed by atoms with Gasteiger partial charge in [0.1, 0.15) is 17.8 Å². The largest absolute Gasteiger partial charge is 0.383 e. The van der Waals surface area contributed by atoms with E-state index in [9.17, 15) is 0 Å². The Morgan fingerprint density at radius 2 is 2.11 bits per heavy atom. The highest BCUT2D eigenvalue weighted by Gasteiger charge is 2.20. The summed E-state index contributed by atoms with van der Waals surface area (Å²) in [6.07, 6.45) is 1.54. The zero-order valence-electron chi connectivity index (χ0n) is 11.2. The fourth-order valence-corrected chi connectivity index (χ4v) is 3.36. The van der Waals surface area contributed by atoms with Crippen molar-refractivity contribution >= 4 is 28.2 Å². The van der Waals surface area contributed by atoms with Gasteiger partial charge in [0, 0.05) is 10.6 Å². The molecular weight excluding hydrogens is 256 g/mol. The van der Waals surface area contributed by atoms with Gasteiger partial charge in [0.15, 0.2) is 0 Å².